The number of carbonyl (C=O) groups is 1. The molecule has 0 aliphatic carbocycles. The van der Waals surface area contributed by atoms with Gasteiger partial charge in [-0.3, -0.25) is 9.78 Å². The molecule has 1 aliphatic heterocycles. The van der Waals surface area contributed by atoms with Crippen molar-refractivity contribution < 1.29 is 14.3 Å². The Bertz CT molecular complexity index is 1310. The fourth-order valence-electron chi connectivity index (χ4n) is 3.98. The van der Waals surface area contributed by atoms with Crippen molar-refractivity contribution in [1.82, 2.24) is 20.3 Å². The minimum Gasteiger partial charge on any atom is -0.497 e. The second-order valence-corrected chi connectivity index (χ2v) is 8.05. The van der Waals surface area contributed by atoms with E-state index in [0.29, 0.717) is 41.9 Å². The zero-order valence-electron chi connectivity index (χ0n) is 18.8. The molecule has 2 aromatic heterocycles. The number of fused-ring (bicyclic) bond motifs is 1. The first-order valence-electron chi connectivity index (χ1n) is 11.2. The third-order valence-corrected chi connectivity index (χ3v) is 5.80. The van der Waals surface area contributed by atoms with Crippen LogP contribution in [0.4, 0.5) is 11.5 Å². The summed E-state index contributed by atoms with van der Waals surface area (Å²) >= 11 is 0. The first-order chi connectivity index (χ1) is 16.7. The maximum atomic E-state index is 13.1. The number of benzene rings is 2. The predicted octanol–water partition coefficient (Wildman–Crippen LogP) is 4.35. The van der Waals surface area contributed by atoms with Crippen LogP contribution in [0.2, 0.25) is 0 Å². The Morgan fingerprint density at radius 1 is 1.06 bits per heavy atom. The molecule has 1 aliphatic rings. The van der Waals surface area contributed by atoms with Crippen LogP contribution < -0.4 is 15.4 Å². The lowest BCUT2D eigenvalue weighted by Crippen LogP contribution is -2.39. The number of nitrogens with one attached hydrogen (secondary N) is 2. The minimum absolute atomic E-state index is 0.107. The number of anilines is 2. The number of aromatic nitrogens is 3. The van der Waals surface area contributed by atoms with Crippen LogP contribution in [0.15, 0.2) is 67.0 Å². The van der Waals surface area contributed by atoms with E-state index in [1.807, 2.05) is 54.6 Å². The lowest BCUT2D eigenvalue weighted by atomic mass is 10.1. The number of carbonyl (C=O) groups excluding carboxylic acids is 1. The van der Waals surface area contributed by atoms with E-state index in [4.69, 9.17) is 19.4 Å². The minimum atomic E-state index is -0.126. The smallest absolute Gasteiger partial charge is 0.253 e. The molecule has 1 fully saturated rings. The summed E-state index contributed by atoms with van der Waals surface area (Å²) in [5.74, 6) is 1.68. The van der Waals surface area contributed by atoms with Crippen molar-refractivity contribution in [3.8, 4) is 17.1 Å². The lowest BCUT2D eigenvalue weighted by molar-refractivity contribution is 0.0697. The third kappa shape index (κ3) is 4.67. The fraction of sp³-hybridized carbons (Fsp3) is 0.231. The Morgan fingerprint density at radius 2 is 1.91 bits per heavy atom. The van der Waals surface area contributed by atoms with Crippen LogP contribution in [0.3, 0.4) is 0 Å². The first kappa shape index (κ1) is 21.8. The van der Waals surface area contributed by atoms with Crippen LogP contribution >= 0.6 is 0 Å². The number of ether oxygens (including phenoxy) is 2. The highest BCUT2D eigenvalue weighted by molar-refractivity contribution is 6.02. The highest BCUT2D eigenvalue weighted by Gasteiger charge is 2.20. The van der Waals surface area contributed by atoms with Gasteiger partial charge >= 0.3 is 0 Å². The van der Waals surface area contributed by atoms with Crippen molar-refractivity contribution in [3.63, 3.8) is 0 Å². The molecule has 34 heavy (non-hydrogen) atoms. The molecule has 1 amide bonds. The highest BCUT2D eigenvalue weighted by Crippen LogP contribution is 2.31. The van der Waals surface area contributed by atoms with Crippen molar-refractivity contribution >= 4 is 28.3 Å². The maximum Gasteiger partial charge on any atom is 0.253 e. The van der Waals surface area contributed by atoms with Gasteiger partial charge in [-0.15, -0.1) is 0 Å². The van der Waals surface area contributed by atoms with E-state index in [-0.39, 0.29) is 11.9 Å². The van der Waals surface area contributed by atoms with Crippen molar-refractivity contribution in [2.24, 2.45) is 0 Å². The summed E-state index contributed by atoms with van der Waals surface area (Å²) in [6.45, 7) is 1.33. The van der Waals surface area contributed by atoms with Gasteiger partial charge in [-0.05, 0) is 55.3 Å². The first-order valence-corrected chi connectivity index (χ1v) is 11.2. The number of para-hydroxylation sites is 1. The number of methoxy groups -OCH3 is 1. The zero-order valence-corrected chi connectivity index (χ0v) is 18.8. The largest absolute Gasteiger partial charge is 0.497 e. The molecule has 1 saturated heterocycles. The van der Waals surface area contributed by atoms with Gasteiger partial charge in [0.25, 0.3) is 5.91 Å². The van der Waals surface area contributed by atoms with Crippen LogP contribution in [-0.2, 0) is 4.74 Å². The van der Waals surface area contributed by atoms with Gasteiger partial charge in [0, 0.05) is 42.6 Å². The highest BCUT2D eigenvalue weighted by atomic mass is 16.5. The zero-order chi connectivity index (χ0) is 23.3. The van der Waals surface area contributed by atoms with Crippen molar-refractivity contribution in [3.05, 3.63) is 72.6 Å². The summed E-state index contributed by atoms with van der Waals surface area (Å²) in [5, 5.41) is 7.30. The van der Waals surface area contributed by atoms with Gasteiger partial charge in [0.15, 0.2) is 5.82 Å². The van der Waals surface area contributed by atoms with Gasteiger partial charge in [0.1, 0.15) is 11.6 Å². The third-order valence-electron chi connectivity index (χ3n) is 5.80. The summed E-state index contributed by atoms with van der Waals surface area (Å²) in [6.07, 6.45) is 5.06. The Balaban J connectivity index is 1.54. The number of hydrogen-bond donors (Lipinski definition) is 2. The summed E-state index contributed by atoms with van der Waals surface area (Å²) in [4.78, 5) is 26.8. The molecule has 0 spiro atoms. The van der Waals surface area contributed by atoms with Crippen LogP contribution in [0.25, 0.3) is 22.3 Å². The molecule has 0 atom stereocenters. The number of nitrogens with zero attached hydrogens (tertiary/aromatic N) is 3. The Kier molecular flexibility index (Phi) is 6.31. The van der Waals surface area contributed by atoms with E-state index in [9.17, 15) is 4.79 Å². The number of amides is 1. The maximum absolute atomic E-state index is 13.1. The molecule has 2 aromatic carbocycles. The molecule has 8 nitrogen and oxygen atoms in total. The normalized spacial score (nSPS) is 14.0. The van der Waals surface area contributed by atoms with E-state index in [1.165, 1.54) is 0 Å². The second kappa shape index (κ2) is 9.84. The molecule has 5 rings (SSSR count). The summed E-state index contributed by atoms with van der Waals surface area (Å²) < 4.78 is 10.8. The van der Waals surface area contributed by atoms with E-state index in [1.54, 1.807) is 19.5 Å². The average molecular weight is 456 g/mol. The van der Waals surface area contributed by atoms with E-state index >= 15 is 0 Å². The van der Waals surface area contributed by atoms with Crippen LogP contribution in [-0.4, -0.2) is 47.2 Å². The van der Waals surface area contributed by atoms with Crippen LogP contribution in [0, 0.1) is 0 Å². The molecule has 3 heterocycles. The Labute approximate surface area is 197 Å². The standard InChI is InChI=1S/C26H25N5O3/c1-33-19-8-9-23-21(15-19)25(31-24(29-23)17-5-4-12-27-16-17)30-22-7-3-2-6-20(22)26(32)28-18-10-13-34-14-11-18/h2-9,12,15-16,18H,10-11,13-14H2,1H3,(H,28,32)(H,29,30,31). The van der Waals surface area contributed by atoms with E-state index in [0.717, 1.165) is 29.3 Å². The van der Waals surface area contributed by atoms with E-state index in [2.05, 4.69) is 15.6 Å². The molecule has 0 bridgehead atoms. The summed E-state index contributed by atoms with van der Waals surface area (Å²) in [7, 11) is 1.62. The average Bonchev–Trinajstić information content (AvgIpc) is 2.89. The van der Waals surface area contributed by atoms with Gasteiger partial charge in [-0.2, -0.15) is 0 Å². The quantitative estimate of drug-likeness (QED) is 0.446. The van der Waals surface area contributed by atoms with Crippen molar-refractivity contribution in [1.29, 1.82) is 0 Å². The van der Waals surface area contributed by atoms with Crippen LogP contribution in [0.1, 0.15) is 23.2 Å². The number of rotatable bonds is 6. The topological polar surface area (TPSA) is 98.3 Å². The van der Waals surface area contributed by atoms with Gasteiger partial charge in [0.05, 0.1) is 23.9 Å². The Morgan fingerprint density at radius 3 is 2.71 bits per heavy atom. The molecule has 0 radical (unpaired) electrons. The summed E-state index contributed by atoms with van der Waals surface area (Å²) in [6, 6.07) is 16.9. The molecular formula is C26H25N5O3. The van der Waals surface area contributed by atoms with E-state index < -0.39 is 0 Å². The van der Waals surface area contributed by atoms with Gasteiger partial charge < -0.3 is 20.1 Å². The SMILES string of the molecule is COc1ccc2nc(-c3cccnc3)nc(Nc3ccccc3C(=O)NC3CCOCC3)c2c1. The lowest BCUT2D eigenvalue weighted by Gasteiger charge is -2.23. The monoisotopic (exact) mass is 455 g/mol. The fourth-order valence-corrected chi connectivity index (χ4v) is 3.98. The molecule has 172 valence electrons. The Hall–Kier alpha value is -4.04. The van der Waals surface area contributed by atoms with Gasteiger partial charge in [0.2, 0.25) is 0 Å². The molecule has 0 saturated carbocycles. The van der Waals surface area contributed by atoms with Crippen LogP contribution in [0.5, 0.6) is 5.75 Å². The summed E-state index contributed by atoms with van der Waals surface area (Å²) in [5.41, 5.74) is 2.76. The van der Waals surface area contributed by atoms with Crippen molar-refractivity contribution in [2.45, 2.75) is 18.9 Å². The molecule has 4 aromatic rings. The predicted molar refractivity (Wildman–Crippen MR) is 130 cm³/mol. The molecule has 8 heteroatoms. The van der Waals surface area contributed by atoms with Gasteiger partial charge in [-0.1, -0.05) is 12.1 Å². The molecule has 2 N–H and O–H groups in total. The molecule has 0 unspecified atom stereocenters. The second-order valence-electron chi connectivity index (χ2n) is 8.05. The van der Waals surface area contributed by atoms with Gasteiger partial charge in [-0.25, -0.2) is 9.97 Å². The molecular weight excluding hydrogens is 430 g/mol. The number of hydrogen-bond acceptors (Lipinski definition) is 7. The van der Waals surface area contributed by atoms with Crippen molar-refractivity contribution in [2.75, 3.05) is 25.6 Å². The number of pyridine rings is 1.